The van der Waals surface area contributed by atoms with Crippen LogP contribution >= 0.6 is 7.92 Å². The lowest BCUT2D eigenvalue weighted by Gasteiger charge is -2.22. The van der Waals surface area contributed by atoms with Gasteiger partial charge in [-0.25, -0.2) is 0 Å². The van der Waals surface area contributed by atoms with Crippen molar-refractivity contribution in [1.29, 1.82) is 0 Å². The van der Waals surface area contributed by atoms with Crippen LogP contribution in [0.2, 0.25) is 0 Å². The Bertz CT molecular complexity index is 643. The van der Waals surface area contributed by atoms with Crippen molar-refractivity contribution in [2.75, 3.05) is 0 Å². The molecule has 0 bridgehead atoms. The van der Waals surface area contributed by atoms with Crippen molar-refractivity contribution in [3.63, 3.8) is 0 Å². The molecule has 2 heteroatoms. The van der Waals surface area contributed by atoms with E-state index < -0.39 is 7.92 Å². The molecule has 2 aromatic carbocycles. The molecule has 1 aliphatic carbocycles. The minimum atomic E-state index is -0.540. The predicted octanol–water partition coefficient (Wildman–Crippen LogP) is 3.46. The number of aliphatic hydroxyl groups is 1. The first kappa shape index (κ1) is 13.3. The monoisotopic (exact) mass is 280 g/mol. The van der Waals surface area contributed by atoms with Gasteiger partial charge < -0.3 is 5.11 Å². The van der Waals surface area contributed by atoms with E-state index in [1.807, 2.05) is 12.1 Å². The molecule has 0 saturated carbocycles. The van der Waals surface area contributed by atoms with Crippen LogP contribution in [0.3, 0.4) is 0 Å². The van der Waals surface area contributed by atoms with Crippen LogP contribution in [0.15, 0.2) is 78.1 Å². The van der Waals surface area contributed by atoms with Crippen LogP contribution in [0.5, 0.6) is 0 Å². The average Bonchev–Trinajstić information content (AvgIpc) is 3.03. The molecule has 1 N–H and O–H groups in total. The van der Waals surface area contributed by atoms with Gasteiger partial charge in [0, 0.05) is 0 Å². The Kier molecular flexibility index (Phi) is 4.11. The molecule has 0 heterocycles. The highest BCUT2D eigenvalue weighted by molar-refractivity contribution is 7.76. The van der Waals surface area contributed by atoms with Gasteiger partial charge in [-0.05, 0) is 35.8 Å². The van der Waals surface area contributed by atoms with E-state index >= 15 is 0 Å². The molecule has 1 atom stereocenters. The second-order valence-corrected chi connectivity index (χ2v) is 6.99. The lowest BCUT2D eigenvalue weighted by Crippen LogP contribution is -2.16. The molecule has 20 heavy (non-hydrogen) atoms. The summed E-state index contributed by atoms with van der Waals surface area (Å²) < 4.78 is 0. The average molecular weight is 280 g/mol. The molecule has 1 nitrogen and oxygen atoms in total. The van der Waals surface area contributed by atoms with Crippen LogP contribution < -0.4 is 10.6 Å². The van der Waals surface area contributed by atoms with Gasteiger partial charge in [0.2, 0.25) is 0 Å². The van der Waals surface area contributed by atoms with Crippen LogP contribution in [0.1, 0.15) is 12.0 Å². The number of rotatable bonds is 4. The van der Waals surface area contributed by atoms with Crippen molar-refractivity contribution in [1.82, 2.24) is 0 Å². The highest BCUT2D eigenvalue weighted by atomic mass is 31.1. The summed E-state index contributed by atoms with van der Waals surface area (Å²) in [5.41, 5.74) is 1.04. The predicted molar refractivity (Wildman–Crippen MR) is 86.8 cm³/mol. The number of hydrogen-bond acceptors (Lipinski definition) is 1. The van der Waals surface area contributed by atoms with Crippen molar-refractivity contribution >= 4 is 18.5 Å². The number of aliphatic hydroxyl groups excluding tert-OH is 1. The highest BCUT2D eigenvalue weighted by Gasteiger charge is 2.21. The lowest BCUT2D eigenvalue weighted by atomic mass is 10.2. The van der Waals surface area contributed by atoms with Gasteiger partial charge in [0.25, 0.3) is 0 Å². The quantitative estimate of drug-likeness (QED) is 0.850. The molecule has 0 aliphatic heterocycles. The first-order valence-corrected chi connectivity index (χ1v) is 8.14. The topological polar surface area (TPSA) is 20.2 Å². The zero-order valence-electron chi connectivity index (χ0n) is 11.2. The molecule has 0 saturated heterocycles. The van der Waals surface area contributed by atoms with Gasteiger partial charge in [0.05, 0.1) is 6.61 Å². The first-order chi connectivity index (χ1) is 9.90. The third kappa shape index (κ3) is 2.60. The van der Waals surface area contributed by atoms with Crippen molar-refractivity contribution in [2.45, 2.75) is 13.0 Å². The molecule has 0 fully saturated rings. The summed E-state index contributed by atoms with van der Waals surface area (Å²) in [6, 6.07) is 18.9. The summed E-state index contributed by atoms with van der Waals surface area (Å²) in [4.78, 5) is 0. The fourth-order valence-corrected chi connectivity index (χ4v) is 5.08. The minimum Gasteiger partial charge on any atom is -0.392 e. The molecule has 100 valence electrons. The molecular weight excluding hydrogens is 263 g/mol. The maximum absolute atomic E-state index is 9.63. The number of hydrogen-bond donors (Lipinski definition) is 1. The van der Waals surface area contributed by atoms with Crippen LogP contribution in [-0.4, -0.2) is 5.11 Å². The number of benzene rings is 2. The molecule has 0 unspecified atom stereocenters. The highest BCUT2D eigenvalue weighted by Crippen LogP contribution is 2.47. The van der Waals surface area contributed by atoms with Gasteiger partial charge in [-0.15, -0.1) is 0 Å². The Labute approximate surface area is 121 Å². The first-order valence-electron chi connectivity index (χ1n) is 6.80. The lowest BCUT2D eigenvalue weighted by molar-refractivity contribution is 0.283. The second kappa shape index (κ2) is 6.17. The third-order valence-electron chi connectivity index (χ3n) is 3.46. The van der Waals surface area contributed by atoms with Gasteiger partial charge >= 0.3 is 0 Å². The van der Waals surface area contributed by atoms with Crippen LogP contribution in [0, 0.1) is 0 Å². The fourth-order valence-electron chi connectivity index (χ4n) is 2.50. The maximum Gasteiger partial charge on any atom is 0.0688 e. The Morgan fingerprint density at radius 1 is 0.950 bits per heavy atom. The van der Waals surface area contributed by atoms with Gasteiger partial charge in [-0.3, -0.25) is 0 Å². The molecule has 1 aliphatic rings. The Balaban J connectivity index is 2.10. The van der Waals surface area contributed by atoms with Crippen molar-refractivity contribution in [2.24, 2.45) is 0 Å². The summed E-state index contributed by atoms with van der Waals surface area (Å²) in [6.45, 7) is 0.0998. The van der Waals surface area contributed by atoms with E-state index in [0.717, 1.165) is 12.0 Å². The van der Waals surface area contributed by atoms with Crippen molar-refractivity contribution in [3.05, 3.63) is 83.7 Å². The molecule has 3 rings (SSSR count). The largest absolute Gasteiger partial charge is 0.392 e. The zero-order valence-corrected chi connectivity index (χ0v) is 12.1. The summed E-state index contributed by atoms with van der Waals surface area (Å²) >= 11 is 0. The second-order valence-electron chi connectivity index (χ2n) is 4.75. The van der Waals surface area contributed by atoms with E-state index in [1.54, 1.807) is 0 Å². The molecule has 0 radical (unpaired) electrons. The van der Waals surface area contributed by atoms with E-state index in [2.05, 4.69) is 60.7 Å². The standard InChI is InChI=1S/C18H17OP/c19-14-15-8-4-7-13-18(15)20(17-11-5-6-12-17)16-9-2-1-3-10-16/h1-11,13,19H,12,14H2/t20-/m1/s1. The molecule has 0 amide bonds. The summed E-state index contributed by atoms with van der Waals surface area (Å²) in [5.74, 6) is 0. The van der Waals surface area contributed by atoms with Crippen molar-refractivity contribution < 1.29 is 5.11 Å². The van der Waals surface area contributed by atoms with Crippen LogP contribution in [-0.2, 0) is 6.61 Å². The van der Waals surface area contributed by atoms with Crippen molar-refractivity contribution in [3.8, 4) is 0 Å². The smallest absolute Gasteiger partial charge is 0.0688 e. The molecule has 0 spiro atoms. The van der Waals surface area contributed by atoms with Gasteiger partial charge in [0.15, 0.2) is 0 Å². The zero-order chi connectivity index (χ0) is 13.8. The maximum atomic E-state index is 9.63. The van der Waals surface area contributed by atoms with Gasteiger partial charge in [0.1, 0.15) is 0 Å². The van der Waals surface area contributed by atoms with E-state index in [0.29, 0.717) is 0 Å². The van der Waals surface area contributed by atoms with Crippen LogP contribution in [0.4, 0.5) is 0 Å². The molecule has 0 aromatic heterocycles. The normalized spacial score (nSPS) is 15.2. The third-order valence-corrected chi connectivity index (χ3v) is 6.09. The SMILES string of the molecule is OCc1ccccc1[P@@](C1=CC=CC1)c1ccccc1. The Morgan fingerprint density at radius 2 is 1.70 bits per heavy atom. The van der Waals surface area contributed by atoms with Crippen LogP contribution in [0.25, 0.3) is 0 Å². The summed E-state index contributed by atoms with van der Waals surface area (Å²) in [5, 5.41) is 13.7. The van der Waals surface area contributed by atoms with Gasteiger partial charge in [-0.1, -0.05) is 72.8 Å². The Morgan fingerprint density at radius 3 is 2.40 bits per heavy atom. The Hall–Kier alpha value is -1.69. The number of allylic oxidation sites excluding steroid dienone is 4. The summed E-state index contributed by atoms with van der Waals surface area (Å²) in [7, 11) is -0.540. The van der Waals surface area contributed by atoms with Gasteiger partial charge in [-0.2, -0.15) is 0 Å². The fraction of sp³-hybridized carbons (Fsp3) is 0.111. The molecular formula is C18H17OP. The summed E-state index contributed by atoms with van der Waals surface area (Å²) in [6.07, 6.45) is 7.58. The van der Waals surface area contributed by atoms with E-state index in [9.17, 15) is 5.11 Å². The van der Waals surface area contributed by atoms with E-state index in [-0.39, 0.29) is 6.61 Å². The van der Waals surface area contributed by atoms with E-state index in [1.165, 1.54) is 15.9 Å². The minimum absolute atomic E-state index is 0.0998. The van der Waals surface area contributed by atoms with E-state index in [4.69, 9.17) is 0 Å². The molecule has 2 aromatic rings.